The highest BCUT2D eigenvalue weighted by atomic mass is 32.2. The number of methoxy groups -OCH3 is 1. The molecule has 6 nitrogen and oxygen atoms in total. The van der Waals surface area contributed by atoms with Gasteiger partial charge in [0.2, 0.25) is 10.0 Å². The second-order valence-electron chi connectivity index (χ2n) is 4.73. The van der Waals surface area contributed by atoms with Crippen LogP contribution >= 0.6 is 0 Å². The van der Waals surface area contributed by atoms with Gasteiger partial charge in [0, 0.05) is 19.3 Å². The third kappa shape index (κ3) is 3.49. The van der Waals surface area contributed by atoms with Crippen molar-refractivity contribution in [2.24, 2.45) is 5.92 Å². The first kappa shape index (κ1) is 16.5. The summed E-state index contributed by atoms with van der Waals surface area (Å²) in [5.41, 5.74) is 6.62. The van der Waals surface area contributed by atoms with Gasteiger partial charge in [-0.3, -0.25) is 4.79 Å². The topological polar surface area (TPSA) is 89.7 Å². The van der Waals surface area contributed by atoms with E-state index in [1.54, 1.807) is 26.0 Å². The molecule has 0 spiro atoms. The van der Waals surface area contributed by atoms with Gasteiger partial charge in [0.05, 0.1) is 17.9 Å². The SMILES string of the molecule is COC(=O)C(C)CN(C)S(=O)(=O)c1cc(N)ccc1C. The Bertz CT molecular complexity index is 598. The van der Waals surface area contributed by atoms with E-state index in [1.165, 1.54) is 20.2 Å². The number of carbonyl (C=O) groups is 1. The van der Waals surface area contributed by atoms with Gasteiger partial charge < -0.3 is 10.5 Å². The summed E-state index contributed by atoms with van der Waals surface area (Å²) in [7, 11) is -0.982. The van der Waals surface area contributed by atoms with Crippen LogP contribution in [0.3, 0.4) is 0 Å². The third-order valence-corrected chi connectivity index (χ3v) is 5.00. The predicted molar refractivity (Wildman–Crippen MR) is 76.6 cm³/mol. The van der Waals surface area contributed by atoms with Crippen molar-refractivity contribution in [3.05, 3.63) is 23.8 Å². The molecule has 0 heterocycles. The molecule has 0 aliphatic heterocycles. The predicted octanol–water partition coefficient (Wildman–Crippen LogP) is 1.01. The minimum Gasteiger partial charge on any atom is -0.469 e. The zero-order valence-electron chi connectivity index (χ0n) is 12.1. The zero-order valence-corrected chi connectivity index (χ0v) is 12.9. The van der Waals surface area contributed by atoms with Crippen LogP contribution in [0, 0.1) is 12.8 Å². The van der Waals surface area contributed by atoms with Gasteiger partial charge in [0.15, 0.2) is 0 Å². The largest absolute Gasteiger partial charge is 0.469 e. The lowest BCUT2D eigenvalue weighted by Gasteiger charge is -2.21. The molecule has 0 bridgehead atoms. The molecule has 1 unspecified atom stereocenters. The van der Waals surface area contributed by atoms with E-state index in [2.05, 4.69) is 4.74 Å². The molecular weight excluding hydrogens is 280 g/mol. The number of esters is 1. The number of rotatable bonds is 5. The van der Waals surface area contributed by atoms with Gasteiger partial charge in [0.1, 0.15) is 0 Å². The normalized spacial score (nSPS) is 13.2. The number of carbonyl (C=O) groups excluding carboxylic acids is 1. The molecule has 0 fully saturated rings. The second-order valence-corrected chi connectivity index (χ2v) is 6.75. The third-order valence-electron chi connectivity index (χ3n) is 3.03. The van der Waals surface area contributed by atoms with Crippen molar-refractivity contribution in [1.82, 2.24) is 4.31 Å². The first-order valence-corrected chi connectivity index (χ1v) is 7.54. The van der Waals surface area contributed by atoms with Crippen molar-refractivity contribution in [3.63, 3.8) is 0 Å². The van der Waals surface area contributed by atoms with Crippen LogP contribution in [0.1, 0.15) is 12.5 Å². The van der Waals surface area contributed by atoms with E-state index in [0.29, 0.717) is 11.3 Å². The maximum absolute atomic E-state index is 12.5. The molecule has 0 saturated carbocycles. The van der Waals surface area contributed by atoms with Gasteiger partial charge in [0.25, 0.3) is 0 Å². The lowest BCUT2D eigenvalue weighted by molar-refractivity contribution is -0.144. The zero-order chi connectivity index (χ0) is 15.5. The van der Waals surface area contributed by atoms with Crippen LogP contribution in [0.2, 0.25) is 0 Å². The molecule has 0 amide bonds. The highest BCUT2D eigenvalue weighted by Gasteiger charge is 2.26. The lowest BCUT2D eigenvalue weighted by Crippen LogP contribution is -2.34. The van der Waals surface area contributed by atoms with E-state index in [0.717, 1.165) is 4.31 Å². The molecule has 1 atom stereocenters. The average Bonchev–Trinajstić information content (AvgIpc) is 2.40. The Morgan fingerprint density at radius 1 is 1.45 bits per heavy atom. The number of sulfonamides is 1. The Kier molecular flexibility index (Phi) is 5.13. The van der Waals surface area contributed by atoms with E-state index in [-0.39, 0.29) is 11.4 Å². The highest BCUT2D eigenvalue weighted by Crippen LogP contribution is 2.22. The van der Waals surface area contributed by atoms with Gasteiger partial charge in [-0.15, -0.1) is 0 Å². The fourth-order valence-corrected chi connectivity index (χ4v) is 3.34. The fraction of sp³-hybridized carbons (Fsp3) is 0.462. The number of nitrogens with two attached hydrogens (primary N) is 1. The van der Waals surface area contributed by atoms with Crippen LogP contribution in [0.25, 0.3) is 0 Å². The van der Waals surface area contributed by atoms with Crippen LogP contribution < -0.4 is 5.73 Å². The van der Waals surface area contributed by atoms with Crippen LogP contribution in [0.4, 0.5) is 5.69 Å². The quantitative estimate of drug-likeness (QED) is 0.647. The van der Waals surface area contributed by atoms with Crippen molar-refractivity contribution >= 4 is 21.7 Å². The summed E-state index contributed by atoms with van der Waals surface area (Å²) in [6.07, 6.45) is 0. The van der Waals surface area contributed by atoms with Crippen molar-refractivity contribution in [2.75, 3.05) is 26.4 Å². The molecular formula is C13H20N2O4S. The molecule has 0 saturated heterocycles. The van der Waals surface area contributed by atoms with Crippen molar-refractivity contribution < 1.29 is 17.9 Å². The van der Waals surface area contributed by atoms with Gasteiger partial charge >= 0.3 is 5.97 Å². The standard InChI is InChI=1S/C13H20N2O4S/c1-9-5-6-11(14)7-12(9)20(17,18)15(3)8-10(2)13(16)19-4/h5-7,10H,8,14H2,1-4H3. The van der Waals surface area contributed by atoms with E-state index in [9.17, 15) is 13.2 Å². The Hall–Kier alpha value is -1.60. The van der Waals surface area contributed by atoms with Gasteiger partial charge in [-0.1, -0.05) is 13.0 Å². The van der Waals surface area contributed by atoms with Crippen molar-refractivity contribution in [2.45, 2.75) is 18.7 Å². The summed E-state index contributed by atoms with van der Waals surface area (Å²) >= 11 is 0. The maximum Gasteiger partial charge on any atom is 0.309 e. The summed E-state index contributed by atoms with van der Waals surface area (Å²) in [5.74, 6) is -0.988. The molecule has 1 aromatic carbocycles. The van der Waals surface area contributed by atoms with Gasteiger partial charge in [-0.25, -0.2) is 12.7 Å². The molecule has 2 N–H and O–H groups in total. The van der Waals surface area contributed by atoms with E-state index in [1.807, 2.05) is 0 Å². The number of ether oxygens (including phenoxy) is 1. The molecule has 7 heteroatoms. The van der Waals surface area contributed by atoms with Gasteiger partial charge in [-0.2, -0.15) is 0 Å². The molecule has 112 valence electrons. The number of anilines is 1. The summed E-state index contributed by atoms with van der Waals surface area (Å²) in [4.78, 5) is 11.5. The number of hydrogen-bond acceptors (Lipinski definition) is 5. The summed E-state index contributed by atoms with van der Waals surface area (Å²) in [6, 6.07) is 4.72. The number of aryl methyl sites for hydroxylation is 1. The highest BCUT2D eigenvalue weighted by molar-refractivity contribution is 7.89. The Morgan fingerprint density at radius 2 is 2.05 bits per heavy atom. The molecule has 1 rings (SSSR count). The van der Waals surface area contributed by atoms with Crippen LogP contribution in [-0.2, 0) is 19.6 Å². The van der Waals surface area contributed by atoms with Crippen LogP contribution in [0.15, 0.2) is 23.1 Å². The van der Waals surface area contributed by atoms with Crippen molar-refractivity contribution in [3.8, 4) is 0 Å². The molecule has 20 heavy (non-hydrogen) atoms. The molecule has 0 aromatic heterocycles. The molecule has 0 aliphatic rings. The van der Waals surface area contributed by atoms with E-state index in [4.69, 9.17) is 5.73 Å². The summed E-state index contributed by atoms with van der Waals surface area (Å²) in [6.45, 7) is 3.36. The number of benzene rings is 1. The van der Waals surface area contributed by atoms with E-state index >= 15 is 0 Å². The number of hydrogen-bond donors (Lipinski definition) is 1. The maximum atomic E-state index is 12.5. The van der Waals surface area contributed by atoms with Crippen LogP contribution in [-0.4, -0.2) is 39.4 Å². The average molecular weight is 300 g/mol. The molecule has 0 aliphatic carbocycles. The summed E-state index contributed by atoms with van der Waals surface area (Å²) < 4.78 is 30.7. The van der Waals surface area contributed by atoms with Gasteiger partial charge in [-0.05, 0) is 24.6 Å². The Labute approximate surface area is 119 Å². The minimum absolute atomic E-state index is 0.0449. The smallest absolute Gasteiger partial charge is 0.309 e. The van der Waals surface area contributed by atoms with Crippen molar-refractivity contribution in [1.29, 1.82) is 0 Å². The second kappa shape index (κ2) is 6.23. The summed E-state index contributed by atoms with van der Waals surface area (Å²) in [5, 5.41) is 0. The van der Waals surface area contributed by atoms with Crippen LogP contribution in [0.5, 0.6) is 0 Å². The molecule has 1 aromatic rings. The minimum atomic E-state index is -3.68. The number of nitrogen functional groups attached to an aromatic ring is 1. The first-order chi connectivity index (χ1) is 9.20. The number of nitrogens with zero attached hydrogens (tertiary/aromatic N) is 1. The first-order valence-electron chi connectivity index (χ1n) is 6.10. The Balaban J connectivity index is 3.04. The lowest BCUT2D eigenvalue weighted by atomic mass is 10.2. The monoisotopic (exact) mass is 300 g/mol. The van der Waals surface area contributed by atoms with E-state index < -0.39 is 21.9 Å². The Morgan fingerprint density at radius 3 is 2.60 bits per heavy atom. The molecule has 0 radical (unpaired) electrons. The fourth-order valence-electron chi connectivity index (χ4n) is 1.82.